The van der Waals surface area contributed by atoms with E-state index in [1.165, 1.54) is 0 Å². The number of hydrogen-bond donors (Lipinski definition) is 0. The van der Waals surface area contributed by atoms with Crippen molar-refractivity contribution in [1.29, 1.82) is 0 Å². The summed E-state index contributed by atoms with van der Waals surface area (Å²) in [5.41, 5.74) is -5.92. The topological polar surface area (TPSA) is 60.4 Å². The quantitative estimate of drug-likeness (QED) is 0.489. The van der Waals surface area contributed by atoms with E-state index in [-0.39, 0.29) is 10.6 Å². The largest absolute Gasteiger partial charge is 0.534 e. The molecule has 18 heavy (non-hydrogen) atoms. The van der Waals surface area contributed by atoms with Gasteiger partial charge in [0.1, 0.15) is 0 Å². The third-order valence-corrected chi connectivity index (χ3v) is 3.00. The molecular weight excluding hydrogens is 297 g/mol. The molecule has 0 radical (unpaired) electrons. The molecule has 0 saturated carbocycles. The second kappa shape index (κ2) is 4.77. The first kappa shape index (κ1) is 14.8. The SMILES string of the molecule is CC(=O)c1cc(Cl)ccc1OS(=O)(=O)C(F)(F)F. The van der Waals surface area contributed by atoms with Gasteiger partial charge in [-0.25, -0.2) is 0 Å². The average Bonchev–Trinajstić information content (AvgIpc) is 2.18. The third-order valence-electron chi connectivity index (χ3n) is 1.80. The Morgan fingerprint density at radius 2 is 1.89 bits per heavy atom. The second-order valence-corrected chi connectivity index (χ2v) is 5.15. The van der Waals surface area contributed by atoms with Gasteiger partial charge >= 0.3 is 15.6 Å². The number of carbonyl (C=O) groups is 1. The van der Waals surface area contributed by atoms with Crippen molar-refractivity contribution in [2.24, 2.45) is 0 Å². The molecule has 0 spiro atoms. The Bertz CT molecular complexity index is 580. The molecule has 4 nitrogen and oxygen atoms in total. The van der Waals surface area contributed by atoms with Crippen LogP contribution in [0.1, 0.15) is 17.3 Å². The number of carbonyl (C=O) groups excluding carboxylic acids is 1. The fraction of sp³-hybridized carbons (Fsp3) is 0.222. The van der Waals surface area contributed by atoms with Gasteiger partial charge in [-0.05, 0) is 25.1 Å². The fourth-order valence-electron chi connectivity index (χ4n) is 1.02. The molecule has 0 amide bonds. The van der Waals surface area contributed by atoms with Crippen LogP contribution in [0.2, 0.25) is 5.02 Å². The average molecular weight is 303 g/mol. The number of hydrogen-bond acceptors (Lipinski definition) is 4. The van der Waals surface area contributed by atoms with Gasteiger partial charge in [-0.2, -0.15) is 21.6 Å². The summed E-state index contributed by atoms with van der Waals surface area (Å²) in [6, 6.07) is 3.00. The molecule has 0 atom stereocenters. The number of benzene rings is 1. The molecule has 0 aromatic heterocycles. The maximum absolute atomic E-state index is 12.1. The third kappa shape index (κ3) is 3.14. The van der Waals surface area contributed by atoms with Gasteiger partial charge in [0.2, 0.25) is 0 Å². The number of halogens is 4. The molecule has 1 aromatic rings. The second-order valence-electron chi connectivity index (χ2n) is 3.18. The molecule has 0 N–H and O–H groups in total. The Morgan fingerprint density at radius 3 is 2.33 bits per heavy atom. The summed E-state index contributed by atoms with van der Waals surface area (Å²) < 4.78 is 61.8. The van der Waals surface area contributed by atoms with Crippen molar-refractivity contribution >= 4 is 27.5 Å². The lowest BCUT2D eigenvalue weighted by molar-refractivity contribution is -0.0500. The molecule has 0 saturated heterocycles. The van der Waals surface area contributed by atoms with Gasteiger partial charge in [0, 0.05) is 5.02 Å². The smallest absolute Gasteiger partial charge is 0.375 e. The Hall–Kier alpha value is -1.28. The summed E-state index contributed by atoms with van der Waals surface area (Å²) in [6.07, 6.45) is 0. The van der Waals surface area contributed by atoms with Gasteiger partial charge < -0.3 is 4.18 Å². The van der Waals surface area contributed by atoms with Crippen molar-refractivity contribution < 1.29 is 30.6 Å². The van der Waals surface area contributed by atoms with E-state index in [0.29, 0.717) is 0 Å². The molecule has 1 rings (SSSR count). The molecule has 0 fully saturated rings. The number of ketones is 1. The van der Waals surface area contributed by atoms with Crippen LogP contribution >= 0.6 is 11.6 Å². The standard InChI is InChI=1S/C9H6ClF3O4S/c1-5(14)7-4-6(10)2-3-8(7)17-18(15,16)9(11,12)13/h2-4H,1H3. The molecule has 0 bridgehead atoms. The molecule has 0 heterocycles. The summed E-state index contributed by atoms with van der Waals surface area (Å²) in [7, 11) is -5.81. The van der Waals surface area contributed by atoms with E-state index >= 15 is 0 Å². The molecule has 0 aliphatic carbocycles. The molecule has 0 aliphatic heterocycles. The van der Waals surface area contributed by atoms with E-state index in [1.54, 1.807) is 0 Å². The van der Waals surface area contributed by atoms with Crippen molar-refractivity contribution in [2.75, 3.05) is 0 Å². The van der Waals surface area contributed by atoms with Crippen molar-refractivity contribution in [3.8, 4) is 5.75 Å². The Balaban J connectivity index is 3.25. The van der Waals surface area contributed by atoms with Crippen LogP contribution in [0.4, 0.5) is 13.2 Å². The van der Waals surface area contributed by atoms with Crippen LogP contribution in [0.25, 0.3) is 0 Å². The van der Waals surface area contributed by atoms with Crippen molar-refractivity contribution in [2.45, 2.75) is 12.4 Å². The first-order valence-electron chi connectivity index (χ1n) is 4.36. The van der Waals surface area contributed by atoms with Crippen LogP contribution < -0.4 is 4.18 Å². The van der Waals surface area contributed by atoms with Crippen LogP contribution in [-0.2, 0) is 10.1 Å². The van der Waals surface area contributed by atoms with Crippen LogP contribution in [-0.4, -0.2) is 19.7 Å². The van der Waals surface area contributed by atoms with E-state index in [9.17, 15) is 26.4 Å². The summed E-state index contributed by atoms with van der Waals surface area (Å²) in [6.45, 7) is 1.04. The zero-order valence-electron chi connectivity index (χ0n) is 8.79. The predicted molar refractivity (Wildman–Crippen MR) is 57.1 cm³/mol. The Morgan fingerprint density at radius 1 is 1.33 bits per heavy atom. The lowest BCUT2D eigenvalue weighted by Crippen LogP contribution is -2.28. The first-order chi connectivity index (χ1) is 8.04. The highest BCUT2D eigenvalue weighted by atomic mass is 35.5. The maximum atomic E-state index is 12.1. The summed E-state index contributed by atoms with van der Waals surface area (Å²) in [5, 5.41) is 0.0666. The van der Waals surface area contributed by atoms with E-state index in [1.807, 2.05) is 0 Å². The van der Waals surface area contributed by atoms with Crippen molar-refractivity contribution in [3.63, 3.8) is 0 Å². The van der Waals surface area contributed by atoms with Gasteiger partial charge in [0.15, 0.2) is 11.5 Å². The van der Waals surface area contributed by atoms with E-state index in [4.69, 9.17) is 11.6 Å². The Kier molecular flexibility index (Phi) is 3.92. The van der Waals surface area contributed by atoms with Crippen LogP contribution in [0, 0.1) is 0 Å². The van der Waals surface area contributed by atoms with Crippen molar-refractivity contribution in [1.82, 2.24) is 0 Å². The summed E-state index contributed by atoms with van der Waals surface area (Å²) in [4.78, 5) is 11.1. The van der Waals surface area contributed by atoms with Crippen LogP contribution in [0.15, 0.2) is 18.2 Å². The monoisotopic (exact) mass is 302 g/mol. The number of alkyl halides is 3. The molecule has 0 aliphatic rings. The highest BCUT2D eigenvalue weighted by Crippen LogP contribution is 2.30. The fourth-order valence-corrected chi connectivity index (χ4v) is 1.66. The van der Waals surface area contributed by atoms with Crippen molar-refractivity contribution in [3.05, 3.63) is 28.8 Å². The van der Waals surface area contributed by atoms with E-state index in [2.05, 4.69) is 4.18 Å². The minimum Gasteiger partial charge on any atom is -0.375 e. The summed E-state index contributed by atoms with van der Waals surface area (Å²) >= 11 is 5.54. The summed E-state index contributed by atoms with van der Waals surface area (Å²) in [5.74, 6) is -1.39. The first-order valence-corrected chi connectivity index (χ1v) is 6.14. The van der Waals surface area contributed by atoms with Crippen LogP contribution in [0.5, 0.6) is 5.75 Å². The molecule has 1 aromatic carbocycles. The number of Topliss-reactive ketones (excluding diaryl/α,β-unsaturated/α-hetero) is 1. The molecule has 100 valence electrons. The van der Waals surface area contributed by atoms with E-state index in [0.717, 1.165) is 25.1 Å². The van der Waals surface area contributed by atoms with Gasteiger partial charge in [0.25, 0.3) is 0 Å². The zero-order chi connectivity index (χ0) is 14.1. The van der Waals surface area contributed by atoms with Gasteiger partial charge in [-0.15, -0.1) is 0 Å². The van der Waals surface area contributed by atoms with Gasteiger partial charge in [-0.1, -0.05) is 11.6 Å². The highest BCUT2D eigenvalue weighted by molar-refractivity contribution is 7.88. The minimum absolute atomic E-state index is 0.0666. The maximum Gasteiger partial charge on any atom is 0.534 e. The molecule has 0 unspecified atom stereocenters. The minimum atomic E-state index is -5.81. The lowest BCUT2D eigenvalue weighted by Gasteiger charge is -2.11. The lowest BCUT2D eigenvalue weighted by atomic mass is 10.1. The van der Waals surface area contributed by atoms with Gasteiger partial charge in [0.05, 0.1) is 5.56 Å². The number of rotatable bonds is 3. The van der Waals surface area contributed by atoms with Crippen LogP contribution in [0.3, 0.4) is 0 Å². The molecular formula is C9H6ClF3O4S. The highest BCUT2D eigenvalue weighted by Gasteiger charge is 2.48. The normalized spacial score (nSPS) is 12.3. The molecule has 9 heteroatoms. The zero-order valence-corrected chi connectivity index (χ0v) is 10.4. The van der Waals surface area contributed by atoms with E-state index < -0.39 is 27.2 Å². The Labute approximate surface area is 105 Å². The van der Waals surface area contributed by atoms with Gasteiger partial charge in [-0.3, -0.25) is 4.79 Å². The predicted octanol–water partition coefficient (Wildman–Crippen LogP) is 2.77.